The van der Waals surface area contributed by atoms with Crippen molar-refractivity contribution in [3.63, 3.8) is 0 Å². The summed E-state index contributed by atoms with van der Waals surface area (Å²) in [4.78, 5) is 17.8. The molecular formula is C11H18N2O2. The molecule has 2 aliphatic heterocycles. The van der Waals surface area contributed by atoms with Crippen LogP contribution in [0.1, 0.15) is 38.5 Å². The van der Waals surface area contributed by atoms with E-state index < -0.39 is 0 Å². The van der Waals surface area contributed by atoms with E-state index in [9.17, 15) is 4.79 Å². The molecule has 1 unspecified atom stereocenters. The summed E-state index contributed by atoms with van der Waals surface area (Å²) in [6.07, 6.45) is 6.20. The topological polar surface area (TPSA) is 41.6 Å². The first-order valence-corrected chi connectivity index (χ1v) is 6.01. The van der Waals surface area contributed by atoms with Crippen molar-refractivity contribution in [3.05, 3.63) is 0 Å². The molecule has 4 nitrogen and oxygen atoms in total. The van der Waals surface area contributed by atoms with Gasteiger partial charge in [-0.15, -0.1) is 0 Å². The molecule has 0 bridgehead atoms. The summed E-state index contributed by atoms with van der Waals surface area (Å²) in [7, 11) is 0. The lowest BCUT2D eigenvalue weighted by molar-refractivity contribution is -0.211. The van der Waals surface area contributed by atoms with Crippen LogP contribution >= 0.6 is 0 Å². The minimum absolute atomic E-state index is 0.111. The van der Waals surface area contributed by atoms with Gasteiger partial charge in [-0.2, -0.15) is 0 Å². The van der Waals surface area contributed by atoms with Gasteiger partial charge in [0.1, 0.15) is 5.60 Å². The highest BCUT2D eigenvalue weighted by molar-refractivity contribution is 5.78. The van der Waals surface area contributed by atoms with Gasteiger partial charge in [-0.05, 0) is 25.8 Å². The van der Waals surface area contributed by atoms with E-state index in [0.717, 1.165) is 32.4 Å². The van der Waals surface area contributed by atoms with Gasteiger partial charge in [-0.3, -0.25) is 9.63 Å². The lowest BCUT2D eigenvalue weighted by atomic mass is 9.99. The summed E-state index contributed by atoms with van der Waals surface area (Å²) in [5.41, 5.74) is -0.111. The molecule has 1 N–H and O–H groups in total. The molecule has 4 heteroatoms. The van der Waals surface area contributed by atoms with Crippen LogP contribution in [0.15, 0.2) is 0 Å². The minimum Gasteiger partial charge on any atom is -0.315 e. The Labute approximate surface area is 89.9 Å². The summed E-state index contributed by atoms with van der Waals surface area (Å²) < 4.78 is 0. The van der Waals surface area contributed by atoms with Gasteiger partial charge < -0.3 is 5.32 Å². The highest BCUT2D eigenvalue weighted by atomic mass is 16.7. The second-order valence-corrected chi connectivity index (χ2v) is 5.02. The third-order valence-electron chi connectivity index (χ3n) is 3.89. The van der Waals surface area contributed by atoms with Crippen LogP contribution in [0.2, 0.25) is 0 Å². The number of carbonyl (C=O) groups excluding carboxylic acids is 1. The molecule has 1 saturated carbocycles. The van der Waals surface area contributed by atoms with E-state index in [2.05, 4.69) is 5.32 Å². The molecule has 0 aromatic heterocycles. The maximum atomic E-state index is 11.9. The van der Waals surface area contributed by atoms with Gasteiger partial charge in [0.25, 0.3) is 0 Å². The van der Waals surface area contributed by atoms with Crippen LogP contribution in [0, 0.1) is 0 Å². The van der Waals surface area contributed by atoms with Crippen LogP contribution in [0.5, 0.6) is 0 Å². The Kier molecular flexibility index (Phi) is 2.21. The molecule has 0 aromatic rings. The number of hydrogen-bond acceptors (Lipinski definition) is 3. The molecule has 0 aromatic carbocycles. The van der Waals surface area contributed by atoms with E-state index in [4.69, 9.17) is 4.84 Å². The lowest BCUT2D eigenvalue weighted by Gasteiger charge is -2.26. The first-order valence-electron chi connectivity index (χ1n) is 6.01. The van der Waals surface area contributed by atoms with Crippen molar-refractivity contribution in [1.82, 2.24) is 10.4 Å². The molecule has 84 valence electrons. The number of rotatable bonds is 1. The molecule has 3 aliphatic rings. The molecule has 15 heavy (non-hydrogen) atoms. The number of hydroxylamine groups is 2. The molecule has 0 radical (unpaired) electrons. The maximum absolute atomic E-state index is 11.9. The fraction of sp³-hybridized carbons (Fsp3) is 0.909. The standard InChI is InChI=1S/C11H18N2O2/c14-10-7-11(4-1-2-5-11)15-13(10)9-3-6-12-8-9/h9,12H,1-8H2. The van der Waals surface area contributed by atoms with Gasteiger partial charge in [0.15, 0.2) is 0 Å². The molecular weight excluding hydrogens is 192 g/mol. The summed E-state index contributed by atoms with van der Waals surface area (Å²) in [5, 5.41) is 4.95. The zero-order valence-electron chi connectivity index (χ0n) is 9.00. The van der Waals surface area contributed by atoms with Gasteiger partial charge in [0.05, 0.1) is 12.5 Å². The van der Waals surface area contributed by atoms with Gasteiger partial charge in [0, 0.05) is 6.54 Å². The van der Waals surface area contributed by atoms with E-state index in [0.29, 0.717) is 6.42 Å². The highest BCUT2D eigenvalue weighted by Gasteiger charge is 2.48. The summed E-state index contributed by atoms with van der Waals surface area (Å²) in [5.74, 6) is 0.200. The van der Waals surface area contributed by atoms with Gasteiger partial charge in [-0.25, -0.2) is 5.06 Å². The highest BCUT2D eigenvalue weighted by Crippen LogP contribution is 2.42. The van der Waals surface area contributed by atoms with E-state index in [1.54, 1.807) is 5.06 Å². The predicted molar refractivity (Wildman–Crippen MR) is 55.0 cm³/mol. The fourth-order valence-corrected chi connectivity index (χ4v) is 3.05. The summed E-state index contributed by atoms with van der Waals surface area (Å²) in [6.45, 7) is 1.90. The molecule has 3 fully saturated rings. The minimum atomic E-state index is -0.111. The van der Waals surface area contributed by atoms with Crippen molar-refractivity contribution in [3.8, 4) is 0 Å². The molecule has 3 rings (SSSR count). The van der Waals surface area contributed by atoms with E-state index >= 15 is 0 Å². The number of nitrogens with one attached hydrogen (secondary N) is 1. The monoisotopic (exact) mass is 210 g/mol. The van der Waals surface area contributed by atoms with Crippen molar-refractivity contribution in [2.75, 3.05) is 13.1 Å². The van der Waals surface area contributed by atoms with Crippen molar-refractivity contribution in [2.45, 2.75) is 50.2 Å². The first-order chi connectivity index (χ1) is 7.29. The van der Waals surface area contributed by atoms with Crippen LogP contribution in [-0.4, -0.2) is 35.7 Å². The number of nitrogens with zero attached hydrogens (tertiary/aromatic N) is 1. The average Bonchev–Trinajstić information content (AvgIpc) is 2.90. The zero-order valence-corrected chi connectivity index (χ0v) is 9.00. The van der Waals surface area contributed by atoms with Crippen LogP contribution in [0.3, 0.4) is 0 Å². The molecule has 1 amide bonds. The first kappa shape index (κ1) is 9.60. The number of hydrogen-bond donors (Lipinski definition) is 1. The van der Waals surface area contributed by atoms with E-state index in [1.165, 1.54) is 12.8 Å². The van der Waals surface area contributed by atoms with E-state index in [1.807, 2.05) is 0 Å². The van der Waals surface area contributed by atoms with Crippen molar-refractivity contribution >= 4 is 5.91 Å². The largest absolute Gasteiger partial charge is 0.315 e. The van der Waals surface area contributed by atoms with Crippen LogP contribution < -0.4 is 5.32 Å². The third-order valence-corrected chi connectivity index (χ3v) is 3.89. The SMILES string of the molecule is O=C1CC2(CCCC2)ON1C1CCNC1. The van der Waals surface area contributed by atoms with Gasteiger partial charge >= 0.3 is 0 Å². The second-order valence-electron chi connectivity index (χ2n) is 5.02. The Morgan fingerprint density at radius 2 is 2.20 bits per heavy atom. The fourth-order valence-electron chi connectivity index (χ4n) is 3.05. The molecule has 2 heterocycles. The average molecular weight is 210 g/mol. The second kappa shape index (κ2) is 3.46. The quantitative estimate of drug-likeness (QED) is 0.697. The zero-order chi connectivity index (χ0) is 10.3. The lowest BCUT2D eigenvalue weighted by Crippen LogP contribution is -2.38. The Morgan fingerprint density at radius 3 is 2.87 bits per heavy atom. The van der Waals surface area contributed by atoms with Crippen LogP contribution in [0.25, 0.3) is 0 Å². The van der Waals surface area contributed by atoms with E-state index in [-0.39, 0.29) is 17.6 Å². The van der Waals surface area contributed by atoms with Crippen LogP contribution in [-0.2, 0) is 9.63 Å². The normalized spacial score (nSPS) is 34.5. The van der Waals surface area contributed by atoms with Crippen molar-refractivity contribution in [2.24, 2.45) is 0 Å². The number of amides is 1. The third kappa shape index (κ3) is 1.56. The maximum Gasteiger partial charge on any atom is 0.249 e. The Morgan fingerprint density at radius 1 is 1.40 bits per heavy atom. The Bertz CT molecular complexity index is 268. The van der Waals surface area contributed by atoms with Gasteiger partial charge in [0.2, 0.25) is 5.91 Å². The molecule has 2 saturated heterocycles. The smallest absolute Gasteiger partial charge is 0.249 e. The predicted octanol–water partition coefficient (Wildman–Crippen LogP) is 0.825. The molecule has 1 atom stereocenters. The molecule has 1 spiro atoms. The summed E-state index contributed by atoms with van der Waals surface area (Å²) in [6, 6.07) is 0.275. The van der Waals surface area contributed by atoms with Gasteiger partial charge in [-0.1, -0.05) is 12.8 Å². The summed E-state index contributed by atoms with van der Waals surface area (Å²) >= 11 is 0. The van der Waals surface area contributed by atoms with Crippen molar-refractivity contribution in [1.29, 1.82) is 0 Å². The Hall–Kier alpha value is -0.610. The Balaban J connectivity index is 1.72. The molecule has 1 aliphatic carbocycles. The number of carbonyl (C=O) groups is 1. The van der Waals surface area contributed by atoms with Crippen LogP contribution in [0.4, 0.5) is 0 Å². The van der Waals surface area contributed by atoms with Crippen molar-refractivity contribution < 1.29 is 9.63 Å².